The smallest absolute Gasteiger partial charge is 0.201 e. The summed E-state index contributed by atoms with van der Waals surface area (Å²) in [6.07, 6.45) is 7.96. The third kappa shape index (κ3) is 4.96. The Balaban J connectivity index is 1.75. The van der Waals surface area contributed by atoms with Crippen LogP contribution in [0, 0.1) is 36.2 Å². The first-order valence-corrected chi connectivity index (χ1v) is 10.8. The molecule has 2 aromatic rings. The largest absolute Gasteiger partial charge is 0.491 e. The molecule has 1 saturated carbocycles. The number of hydrogen-bond donors (Lipinski definition) is 0. The van der Waals surface area contributed by atoms with Gasteiger partial charge in [-0.15, -0.1) is 0 Å². The molecule has 2 aromatic carbocycles. The summed E-state index contributed by atoms with van der Waals surface area (Å²) < 4.78 is 48.7. The Morgan fingerprint density at radius 1 is 0.931 bits per heavy atom. The number of aryl methyl sites for hydroxylation is 1. The Bertz CT molecular complexity index is 815. The molecule has 0 spiro atoms. The lowest BCUT2D eigenvalue weighted by Gasteiger charge is -2.28. The summed E-state index contributed by atoms with van der Waals surface area (Å²) in [7, 11) is 0. The fraction of sp³-hybridized carbons (Fsp3) is 0.520. The van der Waals surface area contributed by atoms with E-state index in [1.165, 1.54) is 50.3 Å². The minimum absolute atomic E-state index is 0.0531. The van der Waals surface area contributed by atoms with Crippen molar-refractivity contribution in [1.29, 1.82) is 0 Å². The molecule has 0 aliphatic heterocycles. The molecule has 1 aliphatic rings. The van der Waals surface area contributed by atoms with Crippen LogP contribution in [0.1, 0.15) is 63.5 Å². The molecule has 0 unspecified atom stereocenters. The number of hydrogen-bond acceptors (Lipinski definition) is 1. The van der Waals surface area contributed by atoms with Crippen LogP contribution >= 0.6 is 0 Å². The molecule has 1 nitrogen and oxygen atoms in total. The molecule has 29 heavy (non-hydrogen) atoms. The summed E-state index contributed by atoms with van der Waals surface area (Å²) in [6, 6.07) is 5.92. The van der Waals surface area contributed by atoms with Crippen LogP contribution in [-0.4, -0.2) is 6.61 Å². The molecule has 0 N–H and O–H groups in total. The van der Waals surface area contributed by atoms with Gasteiger partial charge >= 0.3 is 0 Å². The second kappa shape index (κ2) is 9.69. The minimum Gasteiger partial charge on any atom is -0.491 e. The number of benzene rings is 2. The lowest BCUT2D eigenvalue weighted by atomic mass is 9.78. The number of ether oxygens (including phenoxy) is 1. The molecule has 0 saturated heterocycles. The summed E-state index contributed by atoms with van der Waals surface area (Å²) in [5.74, 6) is -0.983. The first-order chi connectivity index (χ1) is 13.9. The van der Waals surface area contributed by atoms with Gasteiger partial charge in [0.15, 0.2) is 11.6 Å². The van der Waals surface area contributed by atoms with Crippen molar-refractivity contribution in [2.45, 2.75) is 65.7 Å². The summed E-state index contributed by atoms with van der Waals surface area (Å²) in [5.41, 5.74) is 1.89. The highest BCUT2D eigenvalue weighted by atomic mass is 19.2. The average Bonchev–Trinajstić information content (AvgIpc) is 2.71. The maximum absolute atomic E-state index is 14.9. The van der Waals surface area contributed by atoms with Crippen LogP contribution in [0.2, 0.25) is 0 Å². The van der Waals surface area contributed by atoms with Crippen molar-refractivity contribution in [3.8, 4) is 16.9 Å². The second-order valence-corrected chi connectivity index (χ2v) is 8.26. The summed E-state index contributed by atoms with van der Waals surface area (Å²) in [4.78, 5) is 0. The van der Waals surface area contributed by atoms with Gasteiger partial charge in [-0.05, 0) is 73.4 Å². The predicted octanol–water partition coefficient (Wildman–Crippen LogP) is 7.63. The highest BCUT2D eigenvalue weighted by Crippen LogP contribution is 2.35. The van der Waals surface area contributed by atoms with Crippen LogP contribution in [0.15, 0.2) is 24.3 Å². The summed E-state index contributed by atoms with van der Waals surface area (Å²) in [5, 5.41) is 0. The van der Waals surface area contributed by atoms with Gasteiger partial charge in [-0.1, -0.05) is 45.1 Å². The van der Waals surface area contributed by atoms with Crippen molar-refractivity contribution < 1.29 is 17.9 Å². The maximum atomic E-state index is 14.9. The fourth-order valence-electron chi connectivity index (χ4n) is 4.54. The van der Waals surface area contributed by atoms with E-state index >= 15 is 0 Å². The lowest BCUT2D eigenvalue weighted by Crippen LogP contribution is -2.15. The van der Waals surface area contributed by atoms with Gasteiger partial charge in [0, 0.05) is 5.56 Å². The third-order valence-electron chi connectivity index (χ3n) is 6.42. The van der Waals surface area contributed by atoms with Gasteiger partial charge in [-0.2, -0.15) is 4.39 Å². The van der Waals surface area contributed by atoms with Crippen molar-refractivity contribution in [2.75, 3.05) is 6.61 Å². The van der Waals surface area contributed by atoms with E-state index in [9.17, 15) is 13.2 Å². The normalized spacial score (nSPS) is 19.4. The van der Waals surface area contributed by atoms with Gasteiger partial charge in [-0.25, -0.2) is 8.78 Å². The van der Waals surface area contributed by atoms with Crippen LogP contribution in [0.4, 0.5) is 13.2 Å². The number of rotatable bonds is 7. The first kappa shape index (κ1) is 21.7. The molecule has 0 heterocycles. The Labute approximate surface area is 172 Å². The zero-order valence-corrected chi connectivity index (χ0v) is 17.7. The molecule has 0 amide bonds. The van der Waals surface area contributed by atoms with E-state index in [0.29, 0.717) is 23.5 Å². The van der Waals surface area contributed by atoms with Crippen LogP contribution < -0.4 is 4.74 Å². The molecule has 158 valence electrons. The van der Waals surface area contributed by atoms with E-state index in [2.05, 4.69) is 6.92 Å². The molecule has 3 rings (SSSR count). The fourth-order valence-corrected chi connectivity index (χ4v) is 4.54. The zero-order chi connectivity index (χ0) is 21.0. The molecule has 0 aromatic heterocycles. The molecular weight excluding hydrogens is 373 g/mol. The van der Waals surface area contributed by atoms with Gasteiger partial charge in [0.05, 0.1) is 6.61 Å². The molecule has 0 bridgehead atoms. The first-order valence-electron chi connectivity index (χ1n) is 10.8. The van der Waals surface area contributed by atoms with Gasteiger partial charge < -0.3 is 4.74 Å². The van der Waals surface area contributed by atoms with Crippen molar-refractivity contribution in [2.24, 2.45) is 11.8 Å². The van der Waals surface area contributed by atoms with E-state index in [-0.39, 0.29) is 23.7 Å². The quantitative estimate of drug-likeness (QED) is 0.461. The van der Waals surface area contributed by atoms with Crippen molar-refractivity contribution >= 4 is 0 Å². The second-order valence-electron chi connectivity index (χ2n) is 8.26. The monoisotopic (exact) mass is 404 g/mol. The number of halogens is 3. The van der Waals surface area contributed by atoms with Gasteiger partial charge in [-0.3, -0.25) is 0 Å². The summed E-state index contributed by atoms with van der Waals surface area (Å²) >= 11 is 0. The third-order valence-corrected chi connectivity index (χ3v) is 6.42. The van der Waals surface area contributed by atoms with Gasteiger partial charge in [0.25, 0.3) is 0 Å². The molecular formula is C25H31F3O. The standard InChI is InChI=1S/C25H31F3O/c1-4-17-6-8-18(9-7-17)10-11-20-16(3)14-19(15-22(20)26)21-12-13-23(29-5-2)25(28)24(21)27/h12-15,17-18H,4-11H2,1-3H3. The lowest BCUT2D eigenvalue weighted by molar-refractivity contribution is 0.258. The average molecular weight is 405 g/mol. The zero-order valence-electron chi connectivity index (χ0n) is 17.7. The highest BCUT2D eigenvalue weighted by molar-refractivity contribution is 5.67. The molecule has 0 radical (unpaired) electrons. The van der Waals surface area contributed by atoms with Gasteiger partial charge in [0.2, 0.25) is 5.82 Å². The van der Waals surface area contributed by atoms with Crippen molar-refractivity contribution in [3.05, 3.63) is 52.8 Å². The predicted molar refractivity (Wildman–Crippen MR) is 112 cm³/mol. The van der Waals surface area contributed by atoms with Crippen LogP contribution in [0.3, 0.4) is 0 Å². The Morgan fingerprint density at radius 2 is 1.62 bits per heavy atom. The topological polar surface area (TPSA) is 9.23 Å². The maximum Gasteiger partial charge on any atom is 0.201 e. The van der Waals surface area contributed by atoms with Crippen molar-refractivity contribution in [3.63, 3.8) is 0 Å². The van der Waals surface area contributed by atoms with E-state index in [0.717, 1.165) is 17.9 Å². The van der Waals surface area contributed by atoms with Crippen LogP contribution in [-0.2, 0) is 6.42 Å². The van der Waals surface area contributed by atoms with Crippen LogP contribution in [0.5, 0.6) is 5.75 Å². The van der Waals surface area contributed by atoms with E-state index in [1.54, 1.807) is 13.0 Å². The molecule has 0 atom stereocenters. The van der Waals surface area contributed by atoms with Crippen molar-refractivity contribution in [1.82, 2.24) is 0 Å². The molecule has 1 fully saturated rings. The molecule has 4 heteroatoms. The highest BCUT2D eigenvalue weighted by Gasteiger charge is 2.21. The Kier molecular flexibility index (Phi) is 7.26. The minimum atomic E-state index is -1.03. The van der Waals surface area contributed by atoms with E-state index < -0.39 is 11.6 Å². The SMILES string of the molecule is CCOc1ccc(-c2cc(C)c(CCC3CCC(CC)CC3)c(F)c2)c(F)c1F. The van der Waals surface area contributed by atoms with E-state index in [1.807, 2.05) is 6.92 Å². The van der Waals surface area contributed by atoms with E-state index in [4.69, 9.17) is 4.74 Å². The summed E-state index contributed by atoms with van der Waals surface area (Å²) in [6.45, 7) is 6.06. The van der Waals surface area contributed by atoms with Crippen LogP contribution in [0.25, 0.3) is 11.1 Å². The molecule has 1 aliphatic carbocycles. The Hall–Kier alpha value is -1.97. The van der Waals surface area contributed by atoms with Gasteiger partial charge in [0.1, 0.15) is 5.82 Å². The Morgan fingerprint density at radius 3 is 2.24 bits per heavy atom.